The molecule has 0 saturated heterocycles. The molecule has 0 amide bonds. The molecule has 1 aromatic heterocycles. The number of rotatable bonds is 6. The van der Waals surface area contributed by atoms with E-state index in [0.29, 0.717) is 25.1 Å². The molecule has 28 heavy (non-hydrogen) atoms. The first-order valence-electron chi connectivity index (χ1n) is 9.26. The maximum absolute atomic E-state index is 12.1. The number of pyridine rings is 1. The number of benzene rings is 2. The fourth-order valence-corrected chi connectivity index (χ4v) is 3.21. The van der Waals surface area contributed by atoms with Crippen LogP contribution in [-0.4, -0.2) is 11.5 Å². The molecule has 1 unspecified atom stereocenters. The highest BCUT2D eigenvalue weighted by Gasteiger charge is 2.26. The fourth-order valence-electron chi connectivity index (χ4n) is 3.21. The van der Waals surface area contributed by atoms with Crippen molar-refractivity contribution in [3.8, 4) is 12.1 Å². The number of aryl methyl sites for hydroxylation is 1. The Bertz CT molecular complexity index is 1130. The van der Waals surface area contributed by atoms with Crippen molar-refractivity contribution in [1.29, 1.82) is 10.5 Å². The zero-order valence-electron chi connectivity index (χ0n) is 16.0. The SMILES string of the molecule is CCc1cc2ccc(C(C)(C#N)CNCc3ccc(C#N)cc3)cc2[nH]c1=O. The Kier molecular flexibility index (Phi) is 5.59. The third kappa shape index (κ3) is 3.96. The summed E-state index contributed by atoms with van der Waals surface area (Å²) in [5, 5.41) is 23.0. The molecule has 1 heterocycles. The average molecular weight is 370 g/mol. The normalized spacial score (nSPS) is 12.9. The van der Waals surface area contributed by atoms with Gasteiger partial charge in [-0.2, -0.15) is 10.5 Å². The van der Waals surface area contributed by atoms with Gasteiger partial charge in [0.15, 0.2) is 0 Å². The minimum Gasteiger partial charge on any atom is -0.322 e. The first kappa shape index (κ1) is 19.4. The summed E-state index contributed by atoms with van der Waals surface area (Å²) in [6.45, 7) is 4.91. The van der Waals surface area contributed by atoms with Gasteiger partial charge in [0.2, 0.25) is 0 Å². The second-order valence-corrected chi connectivity index (χ2v) is 7.14. The maximum Gasteiger partial charge on any atom is 0.251 e. The van der Waals surface area contributed by atoms with Crippen LogP contribution in [0.15, 0.2) is 53.3 Å². The van der Waals surface area contributed by atoms with Gasteiger partial charge < -0.3 is 10.3 Å². The van der Waals surface area contributed by atoms with E-state index >= 15 is 0 Å². The van der Waals surface area contributed by atoms with Crippen LogP contribution in [-0.2, 0) is 18.4 Å². The summed E-state index contributed by atoms with van der Waals surface area (Å²) in [4.78, 5) is 15.0. The van der Waals surface area contributed by atoms with Crippen molar-refractivity contribution in [2.24, 2.45) is 0 Å². The first-order valence-corrected chi connectivity index (χ1v) is 9.26. The number of hydrogen-bond donors (Lipinski definition) is 2. The van der Waals surface area contributed by atoms with Crippen molar-refractivity contribution >= 4 is 10.9 Å². The van der Waals surface area contributed by atoms with Crippen molar-refractivity contribution in [3.63, 3.8) is 0 Å². The molecule has 2 N–H and O–H groups in total. The van der Waals surface area contributed by atoms with Crippen LogP contribution < -0.4 is 10.9 Å². The van der Waals surface area contributed by atoms with Crippen LogP contribution in [0.25, 0.3) is 10.9 Å². The van der Waals surface area contributed by atoms with E-state index in [0.717, 1.165) is 27.6 Å². The molecule has 0 fully saturated rings. The smallest absolute Gasteiger partial charge is 0.251 e. The molecular formula is C23H22N4O. The molecule has 1 atom stereocenters. The van der Waals surface area contributed by atoms with Gasteiger partial charge >= 0.3 is 0 Å². The molecule has 5 nitrogen and oxygen atoms in total. The van der Waals surface area contributed by atoms with E-state index in [1.807, 2.05) is 50.2 Å². The summed E-state index contributed by atoms with van der Waals surface area (Å²) < 4.78 is 0. The summed E-state index contributed by atoms with van der Waals surface area (Å²) in [5.41, 5.74) is 3.22. The van der Waals surface area contributed by atoms with Crippen LogP contribution >= 0.6 is 0 Å². The number of nitrogens with zero attached hydrogens (tertiary/aromatic N) is 2. The lowest BCUT2D eigenvalue weighted by molar-refractivity contribution is 0.528. The number of fused-ring (bicyclic) bond motifs is 1. The Morgan fingerprint density at radius 1 is 1.11 bits per heavy atom. The van der Waals surface area contributed by atoms with Gasteiger partial charge in [-0.25, -0.2) is 0 Å². The molecular weight excluding hydrogens is 348 g/mol. The summed E-state index contributed by atoms with van der Waals surface area (Å²) in [6, 6.07) is 19.6. The average Bonchev–Trinajstić information content (AvgIpc) is 2.73. The molecule has 0 spiro atoms. The monoisotopic (exact) mass is 370 g/mol. The van der Waals surface area contributed by atoms with Gasteiger partial charge in [0.25, 0.3) is 5.56 Å². The van der Waals surface area contributed by atoms with Gasteiger partial charge in [-0.3, -0.25) is 4.79 Å². The summed E-state index contributed by atoms with van der Waals surface area (Å²) >= 11 is 0. The summed E-state index contributed by atoms with van der Waals surface area (Å²) in [5.74, 6) is 0. The molecule has 3 aromatic rings. The van der Waals surface area contributed by atoms with Crippen molar-refractivity contribution in [3.05, 3.63) is 81.1 Å². The second-order valence-electron chi connectivity index (χ2n) is 7.14. The van der Waals surface area contributed by atoms with Gasteiger partial charge in [-0.05, 0) is 54.1 Å². The number of hydrogen-bond acceptors (Lipinski definition) is 4. The largest absolute Gasteiger partial charge is 0.322 e. The maximum atomic E-state index is 12.1. The van der Waals surface area contributed by atoms with Crippen LogP contribution in [0, 0.1) is 22.7 Å². The van der Waals surface area contributed by atoms with Crippen molar-refractivity contribution < 1.29 is 0 Å². The van der Waals surface area contributed by atoms with Gasteiger partial charge in [-0.1, -0.05) is 31.2 Å². The van der Waals surface area contributed by atoms with E-state index in [1.54, 1.807) is 12.1 Å². The van der Waals surface area contributed by atoms with E-state index in [4.69, 9.17) is 5.26 Å². The number of aromatic amines is 1. The standard InChI is InChI=1S/C23H22N4O/c1-3-18-10-19-8-9-20(11-21(19)27-22(18)28)23(2,14-25)15-26-13-17-6-4-16(12-24)5-7-17/h4-11,26H,3,13,15H2,1-2H3,(H,27,28). The van der Waals surface area contributed by atoms with Gasteiger partial charge in [-0.15, -0.1) is 0 Å². The Balaban J connectivity index is 1.79. The molecule has 2 aromatic carbocycles. The third-order valence-electron chi connectivity index (χ3n) is 5.08. The van der Waals surface area contributed by atoms with Crippen LogP contribution in [0.2, 0.25) is 0 Å². The quantitative estimate of drug-likeness (QED) is 0.694. The molecule has 5 heteroatoms. The lowest BCUT2D eigenvalue weighted by Crippen LogP contribution is -2.34. The van der Waals surface area contributed by atoms with Crippen molar-refractivity contribution in [2.45, 2.75) is 32.2 Å². The zero-order valence-corrected chi connectivity index (χ0v) is 16.0. The van der Waals surface area contributed by atoms with Crippen molar-refractivity contribution in [2.75, 3.05) is 6.54 Å². The first-order chi connectivity index (χ1) is 13.5. The highest BCUT2D eigenvalue weighted by Crippen LogP contribution is 2.25. The number of nitriles is 2. The molecule has 0 aliphatic heterocycles. The topological polar surface area (TPSA) is 92.5 Å². The van der Waals surface area contributed by atoms with Crippen molar-refractivity contribution in [1.82, 2.24) is 10.3 Å². The summed E-state index contributed by atoms with van der Waals surface area (Å²) in [7, 11) is 0. The van der Waals surface area contributed by atoms with E-state index in [2.05, 4.69) is 22.4 Å². The predicted octanol–water partition coefficient (Wildman–Crippen LogP) is 3.53. The minimum absolute atomic E-state index is 0.0789. The van der Waals surface area contributed by atoms with E-state index < -0.39 is 5.41 Å². The van der Waals surface area contributed by atoms with E-state index in [-0.39, 0.29) is 5.56 Å². The predicted molar refractivity (Wildman–Crippen MR) is 110 cm³/mol. The minimum atomic E-state index is -0.735. The molecule has 0 aliphatic rings. The lowest BCUT2D eigenvalue weighted by atomic mass is 9.83. The molecule has 0 radical (unpaired) electrons. The Labute approximate surface area is 164 Å². The highest BCUT2D eigenvalue weighted by atomic mass is 16.1. The van der Waals surface area contributed by atoms with E-state index in [1.165, 1.54) is 0 Å². The van der Waals surface area contributed by atoms with Crippen LogP contribution in [0.3, 0.4) is 0 Å². The van der Waals surface area contributed by atoms with Gasteiger partial charge in [0, 0.05) is 24.2 Å². The van der Waals surface area contributed by atoms with Gasteiger partial charge in [0.05, 0.1) is 23.1 Å². The van der Waals surface area contributed by atoms with Crippen LogP contribution in [0.4, 0.5) is 0 Å². The molecule has 0 bridgehead atoms. The molecule has 3 rings (SSSR count). The number of H-pyrrole nitrogens is 1. The van der Waals surface area contributed by atoms with E-state index in [9.17, 15) is 10.1 Å². The second kappa shape index (κ2) is 8.08. The Morgan fingerprint density at radius 2 is 1.86 bits per heavy atom. The third-order valence-corrected chi connectivity index (χ3v) is 5.08. The molecule has 0 saturated carbocycles. The Hall–Kier alpha value is -3.41. The summed E-state index contributed by atoms with van der Waals surface area (Å²) in [6.07, 6.45) is 0.683. The fraction of sp³-hybridized carbons (Fsp3) is 0.261. The molecule has 0 aliphatic carbocycles. The Morgan fingerprint density at radius 3 is 2.50 bits per heavy atom. The highest BCUT2D eigenvalue weighted by molar-refractivity contribution is 5.80. The van der Waals surface area contributed by atoms with Crippen LogP contribution in [0.5, 0.6) is 0 Å². The number of aromatic nitrogens is 1. The molecule has 140 valence electrons. The lowest BCUT2D eigenvalue weighted by Gasteiger charge is -2.23. The van der Waals surface area contributed by atoms with Gasteiger partial charge in [0.1, 0.15) is 0 Å². The number of nitrogens with one attached hydrogen (secondary N) is 2. The zero-order chi connectivity index (χ0) is 20.1. The van der Waals surface area contributed by atoms with Crippen LogP contribution in [0.1, 0.15) is 36.1 Å².